The number of hydrogen-bond acceptors (Lipinski definition) is 2. The maximum Gasteiger partial charge on any atom is 0.0834 e. The summed E-state index contributed by atoms with van der Waals surface area (Å²) >= 11 is 0. The van der Waals surface area contributed by atoms with Crippen LogP contribution in [0.5, 0.6) is 0 Å². The summed E-state index contributed by atoms with van der Waals surface area (Å²) in [6.07, 6.45) is 10.8. The van der Waals surface area contributed by atoms with Gasteiger partial charge in [-0.25, -0.2) is 0 Å². The van der Waals surface area contributed by atoms with Gasteiger partial charge in [0.15, 0.2) is 0 Å². The van der Waals surface area contributed by atoms with Gasteiger partial charge in [-0.2, -0.15) is 0 Å². The van der Waals surface area contributed by atoms with E-state index in [1.807, 2.05) is 0 Å². The second-order valence-electron chi connectivity index (χ2n) is 6.54. The van der Waals surface area contributed by atoms with E-state index in [1.54, 1.807) is 0 Å². The molecule has 1 unspecified atom stereocenters. The highest BCUT2D eigenvalue weighted by Gasteiger charge is 2.41. The Morgan fingerprint density at radius 3 is 2.39 bits per heavy atom. The molecule has 1 N–H and O–H groups in total. The van der Waals surface area contributed by atoms with Gasteiger partial charge in [0.05, 0.1) is 5.60 Å². The SMILES string of the molecule is CCOC1(C(CCC2CC2)NC)CCC(C)CC1. The van der Waals surface area contributed by atoms with Crippen LogP contribution in [-0.2, 0) is 4.74 Å². The molecule has 2 fully saturated rings. The number of hydrogen-bond donors (Lipinski definition) is 1. The molecular formula is C16H31NO. The van der Waals surface area contributed by atoms with Crippen LogP contribution in [-0.4, -0.2) is 25.3 Å². The fourth-order valence-corrected chi connectivity index (χ4v) is 3.61. The molecule has 2 nitrogen and oxygen atoms in total. The molecular weight excluding hydrogens is 222 g/mol. The molecule has 106 valence electrons. The molecule has 0 aromatic heterocycles. The number of rotatable bonds is 7. The minimum atomic E-state index is 0.130. The molecule has 2 rings (SSSR count). The van der Waals surface area contributed by atoms with Gasteiger partial charge in [-0.15, -0.1) is 0 Å². The summed E-state index contributed by atoms with van der Waals surface area (Å²) in [7, 11) is 2.12. The monoisotopic (exact) mass is 253 g/mol. The second kappa shape index (κ2) is 6.38. The van der Waals surface area contributed by atoms with E-state index in [1.165, 1.54) is 51.4 Å². The number of ether oxygens (including phenoxy) is 1. The summed E-state index contributed by atoms with van der Waals surface area (Å²) in [5, 5.41) is 3.57. The van der Waals surface area contributed by atoms with Crippen LogP contribution in [0, 0.1) is 11.8 Å². The molecule has 0 saturated heterocycles. The average Bonchev–Trinajstić information content (AvgIpc) is 3.18. The molecule has 0 heterocycles. The van der Waals surface area contributed by atoms with E-state index in [0.29, 0.717) is 6.04 Å². The van der Waals surface area contributed by atoms with Crippen LogP contribution in [0.4, 0.5) is 0 Å². The Balaban J connectivity index is 1.95. The number of nitrogens with one attached hydrogen (secondary N) is 1. The van der Waals surface area contributed by atoms with Gasteiger partial charge in [0, 0.05) is 12.6 Å². The van der Waals surface area contributed by atoms with Crippen LogP contribution in [0.1, 0.15) is 65.2 Å². The maximum atomic E-state index is 6.26. The maximum absolute atomic E-state index is 6.26. The summed E-state index contributed by atoms with van der Waals surface area (Å²) in [6.45, 7) is 5.39. The van der Waals surface area contributed by atoms with Gasteiger partial charge in [0.25, 0.3) is 0 Å². The van der Waals surface area contributed by atoms with Crippen molar-refractivity contribution in [3.8, 4) is 0 Å². The van der Waals surface area contributed by atoms with Crippen molar-refractivity contribution in [3.63, 3.8) is 0 Å². The predicted molar refractivity (Wildman–Crippen MR) is 76.8 cm³/mol. The molecule has 0 aromatic carbocycles. The first-order chi connectivity index (χ1) is 8.70. The fraction of sp³-hybridized carbons (Fsp3) is 1.00. The van der Waals surface area contributed by atoms with E-state index in [9.17, 15) is 0 Å². The van der Waals surface area contributed by atoms with E-state index in [-0.39, 0.29) is 5.60 Å². The zero-order valence-electron chi connectivity index (χ0n) is 12.5. The topological polar surface area (TPSA) is 21.3 Å². The average molecular weight is 253 g/mol. The van der Waals surface area contributed by atoms with Gasteiger partial charge < -0.3 is 10.1 Å². The van der Waals surface area contributed by atoms with Crippen molar-refractivity contribution in [2.75, 3.05) is 13.7 Å². The smallest absolute Gasteiger partial charge is 0.0834 e. The van der Waals surface area contributed by atoms with Gasteiger partial charge in [-0.3, -0.25) is 0 Å². The Hall–Kier alpha value is -0.0800. The van der Waals surface area contributed by atoms with Crippen molar-refractivity contribution in [3.05, 3.63) is 0 Å². The molecule has 0 aliphatic heterocycles. The third kappa shape index (κ3) is 3.48. The van der Waals surface area contributed by atoms with Crippen LogP contribution in [0.15, 0.2) is 0 Å². The van der Waals surface area contributed by atoms with Crippen molar-refractivity contribution < 1.29 is 4.74 Å². The van der Waals surface area contributed by atoms with Crippen molar-refractivity contribution >= 4 is 0 Å². The molecule has 0 amide bonds. The molecule has 0 aromatic rings. The van der Waals surface area contributed by atoms with E-state index in [4.69, 9.17) is 4.74 Å². The third-order valence-electron chi connectivity index (χ3n) is 5.10. The Morgan fingerprint density at radius 2 is 1.89 bits per heavy atom. The summed E-state index contributed by atoms with van der Waals surface area (Å²) in [5.74, 6) is 1.92. The van der Waals surface area contributed by atoms with E-state index < -0.39 is 0 Å². The summed E-state index contributed by atoms with van der Waals surface area (Å²) < 4.78 is 6.26. The zero-order chi connectivity index (χ0) is 13.0. The van der Waals surface area contributed by atoms with Gasteiger partial charge in [0.1, 0.15) is 0 Å². The lowest BCUT2D eigenvalue weighted by molar-refractivity contribution is -0.0968. The van der Waals surface area contributed by atoms with E-state index in [0.717, 1.165) is 18.4 Å². The van der Waals surface area contributed by atoms with E-state index in [2.05, 4.69) is 26.2 Å². The van der Waals surface area contributed by atoms with Crippen LogP contribution in [0.3, 0.4) is 0 Å². The van der Waals surface area contributed by atoms with Crippen LogP contribution >= 0.6 is 0 Å². The highest BCUT2D eigenvalue weighted by atomic mass is 16.5. The van der Waals surface area contributed by atoms with E-state index >= 15 is 0 Å². The lowest BCUT2D eigenvalue weighted by Gasteiger charge is -2.45. The Labute approximate surface area is 113 Å². The molecule has 18 heavy (non-hydrogen) atoms. The third-order valence-corrected chi connectivity index (χ3v) is 5.10. The van der Waals surface area contributed by atoms with Crippen LogP contribution in [0.25, 0.3) is 0 Å². The lowest BCUT2D eigenvalue weighted by atomic mass is 9.74. The van der Waals surface area contributed by atoms with Gasteiger partial charge in [-0.05, 0) is 64.3 Å². The predicted octanol–water partition coefficient (Wildman–Crippen LogP) is 3.75. The molecule has 2 heteroatoms. The second-order valence-corrected chi connectivity index (χ2v) is 6.54. The minimum Gasteiger partial charge on any atom is -0.374 e. The summed E-state index contributed by atoms with van der Waals surface area (Å²) in [6, 6.07) is 0.561. The normalized spacial score (nSPS) is 34.5. The van der Waals surface area contributed by atoms with Crippen molar-refractivity contribution in [1.82, 2.24) is 5.32 Å². The fourth-order valence-electron chi connectivity index (χ4n) is 3.61. The number of likely N-dealkylation sites (N-methyl/N-ethyl adjacent to an activating group) is 1. The minimum absolute atomic E-state index is 0.130. The van der Waals surface area contributed by atoms with Gasteiger partial charge >= 0.3 is 0 Å². The van der Waals surface area contributed by atoms with Gasteiger partial charge in [-0.1, -0.05) is 19.8 Å². The molecule has 0 spiro atoms. The van der Waals surface area contributed by atoms with Crippen LogP contribution in [0.2, 0.25) is 0 Å². The quantitative estimate of drug-likeness (QED) is 0.746. The Bertz CT molecular complexity index is 241. The first kappa shape index (κ1) is 14.3. The molecule has 0 radical (unpaired) electrons. The highest BCUT2D eigenvalue weighted by molar-refractivity contribution is 4.96. The summed E-state index contributed by atoms with van der Waals surface area (Å²) in [5.41, 5.74) is 0.130. The summed E-state index contributed by atoms with van der Waals surface area (Å²) in [4.78, 5) is 0. The largest absolute Gasteiger partial charge is 0.374 e. The Morgan fingerprint density at radius 1 is 1.22 bits per heavy atom. The van der Waals surface area contributed by atoms with Crippen molar-refractivity contribution in [2.24, 2.45) is 11.8 Å². The van der Waals surface area contributed by atoms with Crippen LogP contribution < -0.4 is 5.32 Å². The Kier molecular flexibility index (Phi) is 5.08. The van der Waals surface area contributed by atoms with Crippen molar-refractivity contribution in [2.45, 2.75) is 76.9 Å². The zero-order valence-corrected chi connectivity index (χ0v) is 12.5. The molecule has 1 atom stereocenters. The highest BCUT2D eigenvalue weighted by Crippen LogP contribution is 2.41. The first-order valence-electron chi connectivity index (χ1n) is 8.01. The molecule has 2 aliphatic rings. The van der Waals surface area contributed by atoms with Crippen molar-refractivity contribution in [1.29, 1.82) is 0 Å². The van der Waals surface area contributed by atoms with Gasteiger partial charge in [0.2, 0.25) is 0 Å². The first-order valence-corrected chi connectivity index (χ1v) is 8.01. The molecule has 2 saturated carbocycles. The molecule has 0 bridgehead atoms. The molecule has 2 aliphatic carbocycles. The standard InChI is InChI=1S/C16H31NO/c1-4-18-16(11-9-13(2)10-12-16)15(17-3)8-7-14-5-6-14/h13-15,17H,4-12H2,1-3H3. The lowest BCUT2D eigenvalue weighted by Crippen LogP contribution is -2.53.